The summed E-state index contributed by atoms with van der Waals surface area (Å²) in [5.74, 6) is 0.531. The summed E-state index contributed by atoms with van der Waals surface area (Å²) in [6, 6.07) is 14.1. The van der Waals surface area contributed by atoms with E-state index in [-0.39, 0.29) is 12.4 Å². The zero-order valence-corrected chi connectivity index (χ0v) is 12.1. The molecule has 0 aliphatic carbocycles. The van der Waals surface area contributed by atoms with Crippen LogP contribution in [0.15, 0.2) is 48.5 Å². The molecule has 21 heavy (non-hydrogen) atoms. The number of hydrogen-bond acceptors (Lipinski definition) is 2. The Morgan fingerprint density at radius 2 is 1.76 bits per heavy atom. The maximum Gasteiger partial charge on any atom is 0.137 e. The van der Waals surface area contributed by atoms with E-state index in [1.165, 1.54) is 17.7 Å². The van der Waals surface area contributed by atoms with Crippen molar-refractivity contribution in [3.05, 3.63) is 65.5 Å². The summed E-state index contributed by atoms with van der Waals surface area (Å²) in [6.45, 7) is 3.54. The van der Waals surface area contributed by atoms with Crippen LogP contribution in [-0.2, 0) is 6.54 Å². The van der Waals surface area contributed by atoms with Crippen LogP contribution in [0.25, 0.3) is 0 Å². The van der Waals surface area contributed by atoms with Gasteiger partial charge in [-0.3, -0.25) is 0 Å². The van der Waals surface area contributed by atoms with Gasteiger partial charge < -0.3 is 15.2 Å². The Morgan fingerprint density at radius 3 is 2.43 bits per heavy atom. The average Bonchev–Trinajstić information content (AvgIpc) is 2.49. The van der Waals surface area contributed by atoms with Gasteiger partial charge in [-0.25, -0.2) is 4.39 Å². The van der Waals surface area contributed by atoms with E-state index in [0.717, 1.165) is 11.3 Å². The molecule has 0 saturated carbocycles. The largest absolute Gasteiger partial charge is 0.491 e. The molecule has 0 radical (unpaired) electrons. The number of aliphatic hydroxyl groups is 1. The molecule has 112 valence electrons. The van der Waals surface area contributed by atoms with Crippen LogP contribution in [0.4, 0.5) is 4.39 Å². The van der Waals surface area contributed by atoms with E-state index < -0.39 is 6.10 Å². The molecule has 3 nitrogen and oxygen atoms in total. The molecule has 3 N–H and O–H groups in total. The fraction of sp³-hybridized carbons (Fsp3) is 0.294. The number of aryl methyl sites for hydroxylation is 1. The highest BCUT2D eigenvalue weighted by Gasteiger charge is 2.07. The van der Waals surface area contributed by atoms with Crippen LogP contribution < -0.4 is 10.1 Å². The van der Waals surface area contributed by atoms with Crippen LogP contribution in [0.2, 0.25) is 0 Å². The van der Waals surface area contributed by atoms with Gasteiger partial charge in [-0.05, 0) is 31.2 Å². The molecule has 2 aromatic carbocycles. The standard InChI is InChI=1S/C17H20FNO2/c1-13-2-8-17(9-3-13)21-12-16(20)11-19-10-14-4-6-15(18)7-5-14/h2-9,16,19-20H,10-12H2,1H3/p+1/t16-/m0/s1. The molecule has 0 bridgehead atoms. The summed E-state index contributed by atoms with van der Waals surface area (Å²) >= 11 is 0. The third-order valence-corrected chi connectivity index (χ3v) is 3.20. The Morgan fingerprint density at radius 1 is 1.10 bits per heavy atom. The molecule has 0 fully saturated rings. The number of quaternary nitrogens is 1. The second-order valence-corrected chi connectivity index (χ2v) is 5.13. The molecule has 0 heterocycles. The van der Waals surface area contributed by atoms with Crippen molar-refractivity contribution < 1.29 is 19.6 Å². The maximum atomic E-state index is 12.8. The van der Waals surface area contributed by atoms with Gasteiger partial charge in [0.05, 0.1) is 0 Å². The predicted molar refractivity (Wildman–Crippen MR) is 79.6 cm³/mol. The highest BCUT2D eigenvalue weighted by Crippen LogP contribution is 2.11. The molecule has 0 aliphatic rings. The van der Waals surface area contributed by atoms with Crippen LogP contribution in [0.1, 0.15) is 11.1 Å². The molecule has 1 atom stereocenters. The zero-order chi connectivity index (χ0) is 15.1. The lowest BCUT2D eigenvalue weighted by Crippen LogP contribution is -2.85. The van der Waals surface area contributed by atoms with Crippen molar-refractivity contribution >= 4 is 0 Å². The lowest BCUT2D eigenvalue weighted by molar-refractivity contribution is -0.676. The van der Waals surface area contributed by atoms with E-state index in [2.05, 4.69) is 0 Å². The van der Waals surface area contributed by atoms with Crippen molar-refractivity contribution in [1.82, 2.24) is 0 Å². The first kappa shape index (κ1) is 15.5. The van der Waals surface area contributed by atoms with E-state index in [0.29, 0.717) is 13.1 Å². The molecule has 0 saturated heterocycles. The van der Waals surface area contributed by atoms with E-state index in [1.807, 2.05) is 36.5 Å². The Balaban J connectivity index is 1.66. The number of nitrogens with two attached hydrogens (primary N) is 1. The van der Waals surface area contributed by atoms with Crippen molar-refractivity contribution in [2.45, 2.75) is 19.6 Å². The number of halogens is 1. The normalized spacial score (nSPS) is 12.1. The van der Waals surface area contributed by atoms with Crippen LogP contribution >= 0.6 is 0 Å². The predicted octanol–water partition coefficient (Wildman–Crippen LogP) is 1.64. The Bertz CT molecular complexity index is 540. The summed E-state index contributed by atoms with van der Waals surface area (Å²) in [6.07, 6.45) is -0.535. The van der Waals surface area contributed by atoms with Crippen LogP contribution in [0, 0.1) is 12.7 Å². The minimum Gasteiger partial charge on any atom is -0.491 e. The van der Waals surface area contributed by atoms with Crippen LogP contribution in [0.5, 0.6) is 5.75 Å². The summed E-state index contributed by atoms with van der Waals surface area (Å²) in [7, 11) is 0. The number of hydrogen-bond donors (Lipinski definition) is 2. The van der Waals surface area contributed by atoms with Gasteiger partial charge in [0.1, 0.15) is 37.4 Å². The quantitative estimate of drug-likeness (QED) is 0.814. The lowest BCUT2D eigenvalue weighted by Gasteiger charge is -2.11. The van der Waals surface area contributed by atoms with Gasteiger partial charge in [0.25, 0.3) is 0 Å². The van der Waals surface area contributed by atoms with E-state index in [4.69, 9.17) is 4.74 Å². The molecule has 0 spiro atoms. The molecule has 0 unspecified atom stereocenters. The van der Waals surface area contributed by atoms with Gasteiger partial charge in [0, 0.05) is 5.56 Å². The second kappa shape index (κ2) is 7.76. The third-order valence-electron chi connectivity index (χ3n) is 3.20. The molecule has 2 rings (SSSR count). The highest BCUT2D eigenvalue weighted by molar-refractivity contribution is 5.26. The summed E-state index contributed by atoms with van der Waals surface area (Å²) in [5, 5.41) is 11.9. The van der Waals surface area contributed by atoms with E-state index in [9.17, 15) is 9.50 Å². The molecular formula is C17H21FNO2+. The average molecular weight is 290 g/mol. The first-order valence-electron chi connectivity index (χ1n) is 7.07. The SMILES string of the molecule is Cc1ccc(OC[C@@H](O)C[NH2+]Cc2ccc(F)cc2)cc1. The first-order chi connectivity index (χ1) is 10.1. The van der Waals surface area contributed by atoms with Crippen molar-refractivity contribution in [3.63, 3.8) is 0 Å². The van der Waals surface area contributed by atoms with Gasteiger partial charge in [-0.15, -0.1) is 0 Å². The Kier molecular flexibility index (Phi) is 5.72. The maximum absolute atomic E-state index is 12.8. The molecule has 4 heteroatoms. The molecular weight excluding hydrogens is 269 g/mol. The summed E-state index contributed by atoms with van der Waals surface area (Å²) < 4.78 is 18.3. The van der Waals surface area contributed by atoms with E-state index in [1.54, 1.807) is 12.1 Å². The topological polar surface area (TPSA) is 46.1 Å². The Labute approximate surface area is 124 Å². The number of benzene rings is 2. The summed E-state index contributed by atoms with van der Waals surface area (Å²) in [4.78, 5) is 0. The fourth-order valence-corrected chi connectivity index (χ4v) is 1.96. The monoisotopic (exact) mass is 290 g/mol. The van der Waals surface area contributed by atoms with Gasteiger partial charge in [0.2, 0.25) is 0 Å². The number of ether oxygens (including phenoxy) is 1. The Hall–Kier alpha value is -1.91. The van der Waals surface area contributed by atoms with Crippen LogP contribution in [0.3, 0.4) is 0 Å². The third kappa shape index (κ3) is 5.53. The number of rotatable bonds is 7. The highest BCUT2D eigenvalue weighted by atomic mass is 19.1. The minimum atomic E-state index is -0.535. The van der Waals surface area contributed by atoms with Gasteiger partial charge in [0.15, 0.2) is 0 Å². The van der Waals surface area contributed by atoms with Gasteiger partial charge >= 0.3 is 0 Å². The van der Waals surface area contributed by atoms with Gasteiger partial charge in [-0.1, -0.05) is 29.8 Å². The second-order valence-electron chi connectivity index (χ2n) is 5.13. The van der Waals surface area contributed by atoms with Crippen LogP contribution in [-0.4, -0.2) is 24.4 Å². The van der Waals surface area contributed by atoms with Gasteiger partial charge in [-0.2, -0.15) is 0 Å². The van der Waals surface area contributed by atoms with Crippen molar-refractivity contribution in [1.29, 1.82) is 0 Å². The van der Waals surface area contributed by atoms with Crippen molar-refractivity contribution in [2.75, 3.05) is 13.2 Å². The minimum absolute atomic E-state index is 0.231. The zero-order valence-electron chi connectivity index (χ0n) is 12.1. The van der Waals surface area contributed by atoms with Crippen molar-refractivity contribution in [3.8, 4) is 5.75 Å². The van der Waals surface area contributed by atoms with E-state index >= 15 is 0 Å². The molecule has 2 aromatic rings. The molecule has 0 amide bonds. The smallest absolute Gasteiger partial charge is 0.137 e. The number of aliphatic hydroxyl groups excluding tert-OH is 1. The first-order valence-corrected chi connectivity index (χ1v) is 7.07. The summed E-state index contributed by atoms with van der Waals surface area (Å²) in [5.41, 5.74) is 2.21. The molecule has 0 aliphatic heterocycles. The fourth-order valence-electron chi connectivity index (χ4n) is 1.96. The molecule has 0 aromatic heterocycles. The lowest BCUT2D eigenvalue weighted by atomic mass is 10.2. The van der Waals surface area contributed by atoms with Crippen molar-refractivity contribution in [2.24, 2.45) is 0 Å².